The number of cyclic esters (lactones) is 1. The third kappa shape index (κ3) is 4.57. The first kappa shape index (κ1) is 15.7. The van der Waals surface area contributed by atoms with Crippen LogP contribution in [0, 0.1) is 0 Å². The zero-order chi connectivity index (χ0) is 26.2. The van der Waals surface area contributed by atoms with Gasteiger partial charge in [-0.15, -0.1) is 0 Å². The van der Waals surface area contributed by atoms with Crippen LogP contribution in [-0.2, 0) is 27.1 Å². The maximum absolute atomic E-state index is 13.1. The zero-order valence-electron chi connectivity index (χ0n) is 21.2. The van der Waals surface area contributed by atoms with Crippen LogP contribution in [-0.4, -0.2) is 41.7 Å². The highest BCUT2D eigenvalue weighted by molar-refractivity contribution is 6.32. The van der Waals surface area contributed by atoms with Gasteiger partial charge >= 0.3 is 11.9 Å². The Morgan fingerprint density at radius 1 is 1.40 bits per heavy atom. The Balaban J connectivity index is 2.00. The Kier molecular flexibility index (Phi) is 4.81. The van der Waals surface area contributed by atoms with Gasteiger partial charge in [0.1, 0.15) is 23.5 Å². The molecule has 8 heteroatoms. The molecule has 0 saturated heterocycles. The third-order valence-electron chi connectivity index (χ3n) is 4.44. The van der Waals surface area contributed by atoms with Crippen molar-refractivity contribution in [3.63, 3.8) is 0 Å². The van der Waals surface area contributed by atoms with E-state index in [9.17, 15) is 19.5 Å². The summed E-state index contributed by atoms with van der Waals surface area (Å²) in [5.74, 6) is -3.45. The molecule has 3 rings (SSSR count). The standard InChI is InChI=1S/C22H22ClNO6/c1-3-29-21(27)17(10-13-7-5-4-6-8-13)24-20(26)15-11-16(23)14-9-12(2)30-22(28)18(14)19(15)25/h4-8,11-12,17,25H,3,9-10H2,1-2H3,(H,24,26)/t12-,17+/m0/s1/i4D,5D,6D,7D,8D. The first-order valence-corrected chi connectivity index (χ1v) is 9.55. The molecule has 0 radical (unpaired) electrons. The minimum atomic E-state index is -1.48. The minimum absolute atomic E-state index is 0.0461. The summed E-state index contributed by atoms with van der Waals surface area (Å²) in [4.78, 5) is 38.0. The van der Waals surface area contributed by atoms with E-state index in [1.54, 1.807) is 6.92 Å². The normalized spacial score (nSPS) is 18.6. The van der Waals surface area contributed by atoms with Crippen LogP contribution >= 0.6 is 11.6 Å². The second-order valence-corrected chi connectivity index (χ2v) is 7.02. The fourth-order valence-electron chi connectivity index (χ4n) is 3.10. The van der Waals surface area contributed by atoms with Crippen LogP contribution in [0.15, 0.2) is 36.3 Å². The van der Waals surface area contributed by atoms with Crippen LogP contribution in [0.5, 0.6) is 5.75 Å². The SMILES string of the molecule is [2H]c1c([2H])c([2H])c(C[C@@H](NC(=O)c2cc(Cl)c3c(c2O)C(=O)O[C@@H](C)C3)C(=O)OCC)c([2H])c1[2H]. The molecule has 0 fully saturated rings. The average Bonchev–Trinajstić information content (AvgIpc) is 2.80. The number of aromatic hydroxyl groups is 1. The monoisotopic (exact) mass is 436 g/mol. The van der Waals surface area contributed by atoms with Crippen LogP contribution in [0.4, 0.5) is 0 Å². The van der Waals surface area contributed by atoms with Gasteiger partial charge < -0.3 is 19.9 Å². The van der Waals surface area contributed by atoms with Crippen molar-refractivity contribution in [1.29, 1.82) is 0 Å². The summed E-state index contributed by atoms with van der Waals surface area (Å²) in [7, 11) is 0. The summed E-state index contributed by atoms with van der Waals surface area (Å²) in [6.07, 6.45) is -0.730. The summed E-state index contributed by atoms with van der Waals surface area (Å²) in [6.45, 7) is 3.13. The highest BCUT2D eigenvalue weighted by atomic mass is 35.5. The largest absolute Gasteiger partial charge is 0.506 e. The van der Waals surface area contributed by atoms with Crippen molar-refractivity contribution in [3.8, 4) is 5.75 Å². The fourth-order valence-corrected chi connectivity index (χ4v) is 3.38. The van der Waals surface area contributed by atoms with Crippen LogP contribution < -0.4 is 5.32 Å². The number of nitrogens with one attached hydrogen (secondary N) is 1. The topological polar surface area (TPSA) is 102 Å². The first-order valence-electron chi connectivity index (χ1n) is 11.7. The number of hydrogen-bond acceptors (Lipinski definition) is 6. The molecule has 0 saturated carbocycles. The number of carbonyl (C=O) groups excluding carboxylic acids is 3. The lowest BCUT2D eigenvalue weighted by Gasteiger charge is -2.24. The summed E-state index contributed by atoms with van der Waals surface area (Å²) in [5.41, 5.74) is -0.542. The number of hydrogen-bond donors (Lipinski definition) is 2. The molecule has 2 N–H and O–H groups in total. The summed E-state index contributed by atoms with van der Waals surface area (Å²) in [6, 6.07) is -3.18. The Bertz CT molecular complexity index is 1210. The van der Waals surface area contributed by atoms with Gasteiger partial charge in [-0.2, -0.15) is 0 Å². The van der Waals surface area contributed by atoms with Crippen LogP contribution in [0.25, 0.3) is 0 Å². The molecule has 30 heavy (non-hydrogen) atoms. The molecular formula is C22H22ClNO6. The number of halogens is 1. The molecule has 2 aromatic rings. The molecule has 0 spiro atoms. The Labute approximate surface area is 186 Å². The average molecular weight is 437 g/mol. The van der Waals surface area contributed by atoms with Crippen molar-refractivity contribution in [2.75, 3.05) is 6.61 Å². The second kappa shape index (κ2) is 9.17. The third-order valence-corrected chi connectivity index (χ3v) is 4.78. The smallest absolute Gasteiger partial charge is 0.342 e. The minimum Gasteiger partial charge on any atom is -0.506 e. The lowest BCUT2D eigenvalue weighted by molar-refractivity contribution is -0.145. The van der Waals surface area contributed by atoms with E-state index in [1.807, 2.05) is 0 Å². The molecule has 0 unspecified atom stereocenters. The molecule has 0 bridgehead atoms. The lowest BCUT2D eigenvalue weighted by Crippen LogP contribution is -2.43. The molecule has 158 valence electrons. The fraction of sp³-hybridized carbons (Fsp3) is 0.318. The first-order chi connectivity index (χ1) is 16.4. The summed E-state index contributed by atoms with van der Waals surface area (Å²) in [5, 5.41) is 13.1. The Morgan fingerprint density at radius 2 is 2.10 bits per heavy atom. The molecule has 2 aromatic carbocycles. The van der Waals surface area contributed by atoms with E-state index in [0.29, 0.717) is 5.56 Å². The van der Waals surface area contributed by atoms with Gasteiger partial charge in [-0.1, -0.05) is 41.8 Å². The number of phenolic OH excluding ortho intramolecular Hbond substituents is 1. The number of ether oxygens (including phenoxy) is 2. The molecule has 7 nitrogen and oxygen atoms in total. The maximum atomic E-state index is 13.1. The molecule has 1 amide bonds. The quantitative estimate of drug-likeness (QED) is 0.675. The number of esters is 2. The van der Waals surface area contributed by atoms with Crippen LogP contribution in [0.2, 0.25) is 5.02 Å². The summed E-state index contributed by atoms with van der Waals surface area (Å²) < 4.78 is 49.6. The Hall–Kier alpha value is -3.06. The van der Waals surface area contributed by atoms with Gasteiger partial charge in [-0.05, 0) is 31.0 Å². The van der Waals surface area contributed by atoms with Gasteiger partial charge in [0.15, 0.2) is 0 Å². The van der Waals surface area contributed by atoms with E-state index in [-0.39, 0.29) is 29.2 Å². The number of phenols is 1. The predicted molar refractivity (Wildman–Crippen MR) is 110 cm³/mol. The van der Waals surface area contributed by atoms with Crippen molar-refractivity contribution >= 4 is 29.4 Å². The summed E-state index contributed by atoms with van der Waals surface area (Å²) >= 11 is 6.26. The van der Waals surface area contributed by atoms with E-state index >= 15 is 0 Å². The van der Waals surface area contributed by atoms with E-state index < -0.39 is 77.9 Å². The number of rotatable bonds is 6. The molecule has 0 aromatic heterocycles. The van der Waals surface area contributed by atoms with Gasteiger partial charge in [0.25, 0.3) is 5.91 Å². The van der Waals surface area contributed by atoms with Gasteiger partial charge in [0.05, 0.1) is 19.0 Å². The van der Waals surface area contributed by atoms with E-state index in [0.717, 1.165) is 6.07 Å². The number of fused-ring (bicyclic) bond motifs is 1. The zero-order valence-corrected chi connectivity index (χ0v) is 17.0. The van der Waals surface area contributed by atoms with E-state index in [1.165, 1.54) is 6.92 Å². The van der Waals surface area contributed by atoms with E-state index in [4.69, 9.17) is 27.9 Å². The van der Waals surface area contributed by atoms with Crippen molar-refractivity contribution < 1.29 is 35.8 Å². The number of benzene rings is 2. The Morgan fingerprint density at radius 3 is 2.77 bits per heavy atom. The molecular weight excluding hydrogens is 410 g/mol. The van der Waals surface area contributed by atoms with Gasteiger partial charge in [-0.3, -0.25) is 4.79 Å². The van der Waals surface area contributed by atoms with Crippen molar-refractivity contribution in [3.05, 3.63) is 63.6 Å². The van der Waals surface area contributed by atoms with Gasteiger partial charge in [0, 0.05) is 17.9 Å². The van der Waals surface area contributed by atoms with Crippen LogP contribution in [0.1, 0.15) is 52.5 Å². The molecule has 1 aliphatic heterocycles. The van der Waals surface area contributed by atoms with Crippen molar-refractivity contribution in [2.45, 2.75) is 38.8 Å². The predicted octanol–water partition coefficient (Wildman–Crippen LogP) is 3.05. The molecule has 1 aliphatic rings. The van der Waals surface area contributed by atoms with Gasteiger partial charge in [-0.25, -0.2) is 9.59 Å². The van der Waals surface area contributed by atoms with E-state index in [2.05, 4.69) is 5.32 Å². The second-order valence-electron chi connectivity index (χ2n) is 6.61. The van der Waals surface area contributed by atoms with Crippen molar-refractivity contribution in [1.82, 2.24) is 5.32 Å². The molecule has 2 atom stereocenters. The highest BCUT2D eigenvalue weighted by Crippen LogP contribution is 2.36. The number of carbonyl (C=O) groups is 3. The van der Waals surface area contributed by atoms with Crippen LogP contribution in [0.3, 0.4) is 0 Å². The van der Waals surface area contributed by atoms with Crippen molar-refractivity contribution in [2.24, 2.45) is 0 Å². The highest BCUT2D eigenvalue weighted by Gasteiger charge is 2.33. The number of amides is 1. The molecule has 1 heterocycles. The van der Waals surface area contributed by atoms with Gasteiger partial charge in [0.2, 0.25) is 0 Å². The maximum Gasteiger partial charge on any atom is 0.342 e. The molecule has 0 aliphatic carbocycles. The lowest BCUT2D eigenvalue weighted by atomic mass is 9.95.